The molecule has 0 fully saturated rings. The van der Waals surface area contributed by atoms with Gasteiger partial charge in [0, 0.05) is 18.3 Å². The Balaban J connectivity index is 2.34. The van der Waals surface area contributed by atoms with E-state index in [4.69, 9.17) is 4.74 Å². The van der Waals surface area contributed by atoms with Crippen LogP contribution in [-0.2, 0) is 0 Å². The number of nitro groups is 1. The predicted octanol–water partition coefficient (Wildman–Crippen LogP) is 2.92. The third-order valence-corrected chi connectivity index (χ3v) is 2.49. The highest BCUT2D eigenvalue weighted by Gasteiger charge is 2.18. The molecule has 0 bridgehead atoms. The molecule has 7 heteroatoms. The molecule has 0 aliphatic carbocycles. The fourth-order valence-electron chi connectivity index (χ4n) is 1.55. The van der Waals surface area contributed by atoms with E-state index in [9.17, 15) is 10.1 Å². The summed E-state index contributed by atoms with van der Waals surface area (Å²) in [5.41, 5.74) is 0.647. The summed E-state index contributed by atoms with van der Waals surface area (Å²) in [6, 6.07) is 6.35. The van der Waals surface area contributed by atoms with Gasteiger partial charge in [-0.15, -0.1) is 0 Å². The van der Waals surface area contributed by atoms with Crippen molar-refractivity contribution in [2.45, 2.75) is 13.8 Å². The lowest BCUT2D eigenvalue weighted by atomic mass is 10.3. The molecule has 0 aliphatic rings. The first-order valence-corrected chi connectivity index (χ1v) is 6.10. The van der Waals surface area contributed by atoms with E-state index >= 15 is 0 Å². The molecule has 0 amide bonds. The van der Waals surface area contributed by atoms with Gasteiger partial charge in [-0.3, -0.25) is 15.1 Å². The van der Waals surface area contributed by atoms with E-state index in [-0.39, 0.29) is 11.6 Å². The molecule has 2 aromatic rings. The standard InChI is InChI=1S/C13H14N4O3/c1-3-14-12-7-6-11(17(18)19)13(16-12)20-10-5-4-9(2)15-8-10/h4-8H,3H2,1-2H3,(H,14,16). The van der Waals surface area contributed by atoms with E-state index in [0.717, 1.165) is 5.69 Å². The maximum absolute atomic E-state index is 11.0. The molecule has 7 nitrogen and oxygen atoms in total. The third-order valence-electron chi connectivity index (χ3n) is 2.49. The molecule has 2 heterocycles. The zero-order valence-electron chi connectivity index (χ0n) is 11.2. The Morgan fingerprint density at radius 2 is 2.15 bits per heavy atom. The first kappa shape index (κ1) is 13.7. The summed E-state index contributed by atoms with van der Waals surface area (Å²) in [5.74, 6) is 0.868. The molecule has 0 spiro atoms. The number of hydrogen-bond donors (Lipinski definition) is 1. The number of aromatic nitrogens is 2. The number of anilines is 1. The molecule has 2 rings (SSSR count). The average Bonchev–Trinajstić information content (AvgIpc) is 2.42. The molecule has 104 valence electrons. The summed E-state index contributed by atoms with van der Waals surface area (Å²) >= 11 is 0. The van der Waals surface area contributed by atoms with E-state index in [0.29, 0.717) is 18.1 Å². The zero-order valence-corrected chi connectivity index (χ0v) is 11.2. The van der Waals surface area contributed by atoms with Crippen LogP contribution in [0.5, 0.6) is 11.6 Å². The average molecular weight is 274 g/mol. The number of nitrogens with one attached hydrogen (secondary N) is 1. The third kappa shape index (κ3) is 3.19. The maximum Gasteiger partial charge on any atom is 0.331 e. The van der Waals surface area contributed by atoms with Gasteiger partial charge in [0.15, 0.2) is 0 Å². The van der Waals surface area contributed by atoms with Gasteiger partial charge in [-0.25, -0.2) is 0 Å². The molecule has 0 aliphatic heterocycles. The SMILES string of the molecule is CCNc1ccc([N+](=O)[O-])c(Oc2ccc(C)nc2)n1. The Labute approximate surface area is 115 Å². The Morgan fingerprint density at radius 3 is 2.75 bits per heavy atom. The van der Waals surface area contributed by atoms with Crippen molar-refractivity contribution in [1.82, 2.24) is 9.97 Å². The minimum Gasteiger partial charge on any atom is -0.432 e. The lowest BCUT2D eigenvalue weighted by Gasteiger charge is -2.07. The van der Waals surface area contributed by atoms with Crippen molar-refractivity contribution in [1.29, 1.82) is 0 Å². The molecule has 2 aromatic heterocycles. The van der Waals surface area contributed by atoms with E-state index in [1.807, 2.05) is 13.8 Å². The summed E-state index contributed by atoms with van der Waals surface area (Å²) in [5, 5.41) is 14.0. The molecule has 0 radical (unpaired) electrons. The minimum absolute atomic E-state index is 0.0564. The van der Waals surface area contributed by atoms with Gasteiger partial charge in [-0.2, -0.15) is 4.98 Å². The number of pyridine rings is 2. The highest BCUT2D eigenvalue weighted by atomic mass is 16.6. The zero-order chi connectivity index (χ0) is 14.5. The van der Waals surface area contributed by atoms with Crippen molar-refractivity contribution < 1.29 is 9.66 Å². The van der Waals surface area contributed by atoms with Crippen molar-refractivity contribution in [3.8, 4) is 11.6 Å². The largest absolute Gasteiger partial charge is 0.432 e. The topological polar surface area (TPSA) is 90.2 Å². The van der Waals surface area contributed by atoms with Crippen LogP contribution < -0.4 is 10.1 Å². The molecule has 1 N–H and O–H groups in total. The van der Waals surface area contributed by atoms with Gasteiger partial charge >= 0.3 is 11.6 Å². The second kappa shape index (κ2) is 5.96. The van der Waals surface area contributed by atoms with Crippen molar-refractivity contribution in [3.63, 3.8) is 0 Å². The van der Waals surface area contributed by atoms with Crippen molar-refractivity contribution in [2.75, 3.05) is 11.9 Å². The van der Waals surface area contributed by atoms with Crippen LogP contribution in [0.2, 0.25) is 0 Å². The smallest absolute Gasteiger partial charge is 0.331 e. The fourth-order valence-corrected chi connectivity index (χ4v) is 1.55. The normalized spacial score (nSPS) is 10.1. The minimum atomic E-state index is -0.528. The van der Waals surface area contributed by atoms with Gasteiger partial charge < -0.3 is 10.1 Å². The van der Waals surface area contributed by atoms with Crippen molar-refractivity contribution in [3.05, 3.63) is 46.3 Å². The van der Waals surface area contributed by atoms with Gasteiger partial charge in [0.1, 0.15) is 11.6 Å². The van der Waals surface area contributed by atoms with E-state index in [1.54, 1.807) is 18.2 Å². The Bertz CT molecular complexity index is 614. The maximum atomic E-state index is 11.0. The summed E-state index contributed by atoms with van der Waals surface area (Å²) < 4.78 is 5.46. The highest BCUT2D eigenvalue weighted by Crippen LogP contribution is 2.30. The number of rotatable bonds is 5. The molecule has 0 aromatic carbocycles. The second-order valence-electron chi connectivity index (χ2n) is 4.05. The lowest BCUT2D eigenvalue weighted by Crippen LogP contribution is -2.02. The first-order chi connectivity index (χ1) is 9.60. The number of ether oxygens (including phenoxy) is 1. The van der Waals surface area contributed by atoms with Gasteiger partial charge in [0.05, 0.1) is 11.1 Å². The monoisotopic (exact) mass is 274 g/mol. The van der Waals surface area contributed by atoms with Gasteiger partial charge in [0.2, 0.25) is 0 Å². The second-order valence-corrected chi connectivity index (χ2v) is 4.05. The van der Waals surface area contributed by atoms with Gasteiger partial charge in [0.25, 0.3) is 0 Å². The van der Waals surface area contributed by atoms with Crippen LogP contribution in [0, 0.1) is 17.0 Å². The van der Waals surface area contributed by atoms with Crippen LogP contribution >= 0.6 is 0 Å². The van der Waals surface area contributed by atoms with E-state index in [2.05, 4.69) is 15.3 Å². The van der Waals surface area contributed by atoms with Crippen molar-refractivity contribution in [2.24, 2.45) is 0 Å². The molecular weight excluding hydrogens is 260 g/mol. The van der Waals surface area contributed by atoms with Crippen LogP contribution in [0.25, 0.3) is 0 Å². The molecule has 0 saturated carbocycles. The summed E-state index contributed by atoms with van der Waals surface area (Å²) in [6.45, 7) is 4.42. The van der Waals surface area contributed by atoms with Gasteiger partial charge in [-0.1, -0.05) is 0 Å². The van der Waals surface area contributed by atoms with Crippen LogP contribution in [0.4, 0.5) is 11.5 Å². The Morgan fingerprint density at radius 1 is 1.35 bits per heavy atom. The van der Waals surface area contributed by atoms with Crippen LogP contribution in [-0.4, -0.2) is 21.4 Å². The van der Waals surface area contributed by atoms with Crippen LogP contribution in [0.15, 0.2) is 30.5 Å². The molecule has 0 unspecified atom stereocenters. The summed E-state index contributed by atoms with van der Waals surface area (Å²) in [4.78, 5) is 18.6. The number of hydrogen-bond acceptors (Lipinski definition) is 6. The summed E-state index contributed by atoms with van der Waals surface area (Å²) in [7, 11) is 0. The molecular formula is C13H14N4O3. The lowest BCUT2D eigenvalue weighted by molar-refractivity contribution is -0.386. The molecule has 0 atom stereocenters. The summed E-state index contributed by atoms with van der Waals surface area (Å²) in [6.07, 6.45) is 1.50. The van der Waals surface area contributed by atoms with Crippen LogP contribution in [0.1, 0.15) is 12.6 Å². The Hall–Kier alpha value is -2.70. The number of nitrogens with zero attached hydrogens (tertiary/aromatic N) is 3. The van der Waals surface area contributed by atoms with Crippen LogP contribution in [0.3, 0.4) is 0 Å². The number of aryl methyl sites for hydroxylation is 1. The van der Waals surface area contributed by atoms with E-state index in [1.165, 1.54) is 12.3 Å². The molecule has 0 saturated heterocycles. The Kier molecular flexibility index (Phi) is 4.09. The van der Waals surface area contributed by atoms with Gasteiger partial charge in [-0.05, 0) is 32.0 Å². The highest BCUT2D eigenvalue weighted by molar-refractivity contribution is 5.50. The first-order valence-electron chi connectivity index (χ1n) is 6.10. The van der Waals surface area contributed by atoms with E-state index < -0.39 is 4.92 Å². The molecule has 20 heavy (non-hydrogen) atoms. The fraction of sp³-hybridized carbons (Fsp3) is 0.231. The predicted molar refractivity (Wildman–Crippen MR) is 74.1 cm³/mol. The van der Waals surface area contributed by atoms with Crippen molar-refractivity contribution >= 4 is 11.5 Å². The quantitative estimate of drug-likeness (QED) is 0.666.